The number of nitrogens with zero attached hydrogens (tertiary/aromatic N) is 3. The van der Waals surface area contributed by atoms with Crippen LogP contribution in [0.3, 0.4) is 0 Å². The van der Waals surface area contributed by atoms with E-state index < -0.39 is 17.8 Å². The molecule has 4 aromatic rings. The molecule has 2 aromatic heterocycles. The highest BCUT2D eigenvalue weighted by molar-refractivity contribution is 5.79. The van der Waals surface area contributed by atoms with Gasteiger partial charge in [-0.05, 0) is 43.3 Å². The molecule has 4 rings (SSSR count). The fourth-order valence-corrected chi connectivity index (χ4v) is 2.74. The van der Waals surface area contributed by atoms with E-state index in [1.54, 1.807) is 24.3 Å². The highest BCUT2D eigenvalue weighted by Crippen LogP contribution is 2.19. The van der Waals surface area contributed by atoms with Crippen LogP contribution in [0, 0.1) is 5.82 Å². The number of halogens is 1. The molecule has 9 heteroatoms. The molecule has 8 nitrogen and oxygen atoms in total. The molecule has 0 N–H and O–H groups in total. The molecule has 0 radical (unpaired) electrons. The van der Waals surface area contributed by atoms with Crippen LogP contribution in [0.15, 0.2) is 62.3 Å². The van der Waals surface area contributed by atoms with Crippen LogP contribution in [-0.4, -0.2) is 20.7 Å². The van der Waals surface area contributed by atoms with Crippen LogP contribution in [-0.2, 0) is 16.1 Å². The van der Waals surface area contributed by atoms with Crippen molar-refractivity contribution < 1.29 is 22.9 Å². The molecule has 1 atom stereocenters. The summed E-state index contributed by atoms with van der Waals surface area (Å²) >= 11 is 0. The Bertz CT molecular complexity index is 1190. The fraction of sp³-hybridized carbons (Fsp3) is 0.158. The third-order valence-electron chi connectivity index (χ3n) is 4.16. The molecule has 0 aliphatic carbocycles. The SMILES string of the molecule is CC(C(=O)OCc1nc(-c2ccc(F)cc2)no1)n1c(=O)oc2ccccc21. The van der Waals surface area contributed by atoms with Gasteiger partial charge in [0.2, 0.25) is 5.82 Å². The van der Waals surface area contributed by atoms with Crippen LogP contribution in [0.25, 0.3) is 22.5 Å². The van der Waals surface area contributed by atoms with E-state index in [2.05, 4.69) is 10.1 Å². The van der Waals surface area contributed by atoms with E-state index in [4.69, 9.17) is 13.7 Å². The number of oxazole rings is 1. The minimum atomic E-state index is -0.907. The van der Waals surface area contributed by atoms with Gasteiger partial charge in [0.15, 0.2) is 12.2 Å². The molecule has 0 aliphatic heterocycles. The van der Waals surface area contributed by atoms with Crippen LogP contribution < -0.4 is 5.76 Å². The van der Waals surface area contributed by atoms with Crippen LogP contribution >= 0.6 is 0 Å². The summed E-state index contributed by atoms with van der Waals surface area (Å²) in [6.45, 7) is 1.27. The number of carbonyl (C=O) groups excluding carboxylic acids is 1. The predicted molar refractivity (Wildman–Crippen MR) is 94.7 cm³/mol. The van der Waals surface area contributed by atoms with Crippen LogP contribution in [0.5, 0.6) is 0 Å². The maximum Gasteiger partial charge on any atom is 0.420 e. The number of fused-ring (bicyclic) bond motifs is 1. The fourth-order valence-electron chi connectivity index (χ4n) is 2.74. The Morgan fingerprint density at radius 3 is 2.75 bits per heavy atom. The van der Waals surface area contributed by atoms with E-state index in [0.29, 0.717) is 16.7 Å². The second kappa shape index (κ2) is 7.10. The summed E-state index contributed by atoms with van der Waals surface area (Å²) < 4.78 is 29.6. The number of hydrogen-bond donors (Lipinski definition) is 0. The number of aromatic nitrogens is 3. The molecular weight excluding hydrogens is 369 g/mol. The number of hydrogen-bond acceptors (Lipinski definition) is 7. The van der Waals surface area contributed by atoms with Crippen LogP contribution in [0.4, 0.5) is 4.39 Å². The Hall–Kier alpha value is -3.75. The van der Waals surface area contributed by atoms with Crippen LogP contribution in [0.2, 0.25) is 0 Å². The lowest BCUT2D eigenvalue weighted by atomic mass is 10.2. The molecule has 0 aliphatic rings. The molecule has 142 valence electrons. The van der Waals surface area contributed by atoms with Gasteiger partial charge in [0, 0.05) is 5.56 Å². The quantitative estimate of drug-likeness (QED) is 0.488. The summed E-state index contributed by atoms with van der Waals surface area (Å²) in [7, 11) is 0. The molecule has 0 bridgehead atoms. The van der Waals surface area contributed by atoms with Gasteiger partial charge in [-0.2, -0.15) is 4.98 Å². The van der Waals surface area contributed by atoms with E-state index in [0.717, 1.165) is 0 Å². The van der Waals surface area contributed by atoms with Crippen molar-refractivity contribution in [3.63, 3.8) is 0 Å². The molecule has 0 fully saturated rings. The predicted octanol–water partition coefficient (Wildman–Crippen LogP) is 3.09. The molecule has 0 saturated carbocycles. The lowest BCUT2D eigenvalue weighted by Crippen LogP contribution is -2.26. The third-order valence-corrected chi connectivity index (χ3v) is 4.16. The van der Waals surface area contributed by atoms with Crippen LogP contribution in [0.1, 0.15) is 18.9 Å². The first-order valence-electron chi connectivity index (χ1n) is 8.38. The van der Waals surface area contributed by atoms with Crippen molar-refractivity contribution in [3.8, 4) is 11.4 Å². The molecule has 0 amide bonds. The first kappa shape index (κ1) is 17.7. The molecule has 28 heavy (non-hydrogen) atoms. The highest BCUT2D eigenvalue weighted by atomic mass is 19.1. The molecular formula is C19H14FN3O5. The normalized spacial score (nSPS) is 12.2. The number of para-hydroxylation sites is 2. The summed E-state index contributed by atoms with van der Waals surface area (Å²) in [5.74, 6) is -1.37. The van der Waals surface area contributed by atoms with E-state index >= 15 is 0 Å². The Labute approximate surface area is 157 Å². The van der Waals surface area contributed by atoms with Gasteiger partial charge in [0.05, 0.1) is 5.52 Å². The number of benzene rings is 2. The van der Waals surface area contributed by atoms with E-state index in [9.17, 15) is 14.0 Å². The standard InChI is InChI=1S/C19H14FN3O5/c1-11(23-14-4-2-3-5-15(14)27-19(23)25)18(24)26-10-16-21-17(22-28-16)12-6-8-13(20)9-7-12/h2-9,11H,10H2,1H3. The smallest absolute Gasteiger partial charge is 0.420 e. The highest BCUT2D eigenvalue weighted by Gasteiger charge is 2.23. The minimum absolute atomic E-state index is 0.0734. The molecule has 1 unspecified atom stereocenters. The second-order valence-corrected chi connectivity index (χ2v) is 6.01. The molecule has 0 saturated heterocycles. The molecule has 2 aromatic carbocycles. The zero-order chi connectivity index (χ0) is 19.7. The Morgan fingerprint density at radius 1 is 1.21 bits per heavy atom. The number of ether oxygens (including phenoxy) is 1. The van der Waals surface area contributed by atoms with Crippen molar-refractivity contribution in [1.29, 1.82) is 0 Å². The Kier molecular flexibility index (Phi) is 4.48. The zero-order valence-corrected chi connectivity index (χ0v) is 14.7. The number of rotatable bonds is 5. The first-order valence-corrected chi connectivity index (χ1v) is 8.38. The minimum Gasteiger partial charge on any atom is -0.454 e. The van der Waals surface area contributed by atoms with Gasteiger partial charge in [-0.25, -0.2) is 14.0 Å². The van der Waals surface area contributed by atoms with Crippen molar-refractivity contribution in [1.82, 2.24) is 14.7 Å². The topological polar surface area (TPSA) is 100 Å². The Morgan fingerprint density at radius 2 is 1.96 bits per heavy atom. The van der Waals surface area contributed by atoms with Gasteiger partial charge in [-0.1, -0.05) is 17.3 Å². The van der Waals surface area contributed by atoms with E-state index in [1.807, 2.05) is 0 Å². The summed E-state index contributed by atoms with van der Waals surface area (Å²) in [5, 5.41) is 3.77. The lowest BCUT2D eigenvalue weighted by Gasteiger charge is -2.11. The van der Waals surface area contributed by atoms with E-state index in [1.165, 1.54) is 35.8 Å². The van der Waals surface area contributed by atoms with Gasteiger partial charge >= 0.3 is 11.7 Å². The average molecular weight is 383 g/mol. The molecule has 0 spiro atoms. The maximum absolute atomic E-state index is 13.0. The zero-order valence-electron chi connectivity index (χ0n) is 14.7. The van der Waals surface area contributed by atoms with Gasteiger partial charge < -0.3 is 13.7 Å². The second-order valence-electron chi connectivity index (χ2n) is 6.01. The van der Waals surface area contributed by atoms with Crippen molar-refractivity contribution in [2.75, 3.05) is 0 Å². The van der Waals surface area contributed by atoms with Gasteiger partial charge in [-0.15, -0.1) is 0 Å². The molecule has 2 heterocycles. The first-order chi connectivity index (χ1) is 13.5. The third kappa shape index (κ3) is 3.29. The monoisotopic (exact) mass is 383 g/mol. The summed E-state index contributed by atoms with van der Waals surface area (Å²) in [4.78, 5) is 28.5. The summed E-state index contributed by atoms with van der Waals surface area (Å²) in [6, 6.07) is 11.4. The van der Waals surface area contributed by atoms with Gasteiger partial charge in [0.25, 0.3) is 5.89 Å². The number of carbonyl (C=O) groups is 1. The van der Waals surface area contributed by atoms with E-state index in [-0.39, 0.29) is 24.1 Å². The summed E-state index contributed by atoms with van der Waals surface area (Å²) in [5.41, 5.74) is 1.44. The number of esters is 1. The van der Waals surface area contributed by atoms with Crippen molar-refractivity contribution in [3.05, 3.63) is 70.8 Å². The van der Waals surface area contributed by atoms with Gasteiger partial charge in [0.1, 0.15) is 11.9 Å². The average Bonchev–Trinajstić information content (AvgIpc) is 3.29. The van der Waals surface area contributed by atoms with Crippen molar-refractivity contribution in [2.24, 2.45) is 0 Å². The van der Waals surface area contributed by atoms with Gasteiger partial charge in [-0.3, -0.25) is 4.57 Å². The summed E-state index contributed by atoms with van der Waals surface area (Å²) in [6.07, 6.45) is 0. The maximum atomic E-state index is 13.0. The Balaban J connectivity index is 1.46. The van der Waals surface area contributed by atoms with Crippen molar-refractivity contribution >= 4 is 17.1 Å². The lowest BCUT2D eigenvalue weighted by molar-refractivity contribution is -0.149. The van der Waals surface area contributed by atoms with Crippen molar-refractivity contribution in [2.45, 2.75) is 19.6 Å². The largest absolute Gasteiger partial charge is 0.454 e.